The molecule has 5 nitrogen and oxygen atoms in total. The number of aliphatic hydroxyl groups is 1. The molecule has 6 heteroatoms. The van der Waals surface area contributed by atoms with Gasteiger partial charge in [-0.05, 0) is 52.0 Å². The summed E-state index contributed by atoms with van der Waals surface area (Å²) in [5.74, 6) is -0.163. The van der Waals surface area contributed by atoms with Crippen LogP contribution in [0.25, 0.3) is 10.8 Å². The molecular formula is C24H33ClO5. The molecule has 2 aromatic rings. The Morgan fingerprint density at radius 1 is 1.00 bits per heavy atom. The van der Waals surface area contributed by atoms with Gasteiger partial charge in [-0.2, -0.15) is 0 Å². The molecule has 0 saturated heterocycles. The van der Waals surface area contributed by atoms with Crippen molar-refractivity contribution in [2.75, 3.05) is 0 Å². The van der Waals surface area contributed by atoms with E-state index in [2.05, 4.69) is 0 Å². The molecule has 2 rings (SSSR count). The van der Waals surface area contributed by atoms with E-state index < -0.39 is 24.3 Å². The van der Waals surface area contributed by atoms with Crippen LogP contribution in [0.2, 0.25) is 0 Å². The van der Waals surface area contributed by atoms with Crippen LogP contribution >= 0.6 is 11.6 Å². The molecule has 0 aromatic heterocycles. The summed E-state index contributed by atoms with van der Waals surface area (Å²) in [7, 11) is 0. The van der Waals surface area contributed by atoms with Crippen molar-refractivity contribution in [1.82, 2.24) is 0 Å². The minimum Gasteiger partial charge on any atom is -0.424 e. The largest absolute Gasteiger partial charge is 0.424 e. The van der Waals surface area contributed by atoms with Crippen molar-refractivity contribution in [1.29, 1.82) is 0 Å². The van der Waals surface area contributed by atoms with Crippen molar-refractivity contribution >= 4 is 28.3 Å². The number of carbonyl (C=O) groups excluding carboxylic acids is 1. The van der Waals surface area contributed by atoms with Gasteiger partial charge in [-0.3, -0.25) is 0 Å². The summed E-state index contributed by atoms with van der Waals surface area (Å²) >= 11 is 6.25. The minimum atomic E-state index is -1.10. The second kappa shape index (κ2) is 11.7. The minimum absolute atomic E-state index is 0.219. The Morgan fingerprint density at radius 2 is 1.63 bits per heavy atom. The highest BCUT2D eigenvalue weighted by molar-refractivity contribution is 6.20. The number of benzene rings is 2. The third-order valence-electron chi connectivity index (χ3n) is 4.66. The monoisotopic (exact) mass is 436 g/mol. The van der Waals surface area contributed by atoms with Crippen LogP contribution in [0, 0.1) is 0 Å². The lowest BCUT2D eigenvalue weighted by Crippen LogP contribution is -2.50. The summed E-state index contributed by atoms with van der Waals surface area (Å²) in [5.41, 5.74) is 0. The van der Waals surface area contributed by atoms with Gasteiger partial charge in [0.05, 0.1) is 18.3 Å². The molecular weight excluding hydrogens is 404 g/mol. The first-order valence-electron chi connectivity index (χ1n) is 10.5. The lowest BCUT2D eigenvalue weighted by Gasteiger charge is -2.32. The maximum atomic E-state index is 13.2. The molecule has 0 radical (unpaired) electrons. The molecule has 1 N–H and O–H groups in total. The van der Waals surface area contributed by atoms with Gasteiger partial charge in [0.15, 0.2) is 6.10 Å². The standard InChI is InChI=1S/C24H33ClO5/c1-6-18(25)14-20(26)22(28-15(2)3)23(29-16(4)5)24(27)30-21-13-9-11-17-10-7-8-12-19(17)21/h7-13,15-16,18,20,22-23,26H,6,14H2,1-5H3. The van der Waals surface area contributed by atoms with Gasteiger partial charge in [0.25, 0.3) is 0 Å². The fourth-order valence-corrected chi connectivity index (χ4v) is 3.43. The molecule has 0 fully saturated rings. The molecule has 30 heavy (non-hydrogen) atoms. The van der Waals surface area contributed by atoms with Crippen molar-refractivity contribution in [2.45, 2.75) is 83.4 Å². The lowest BCUT2D eigenvalue weighted by molar-refractivity contribution is -0.181. The van der Waals surface area contributed by atoms with E-state index in [4.69, 9.17) is 25.8 Å². The second-order valence-corrected chi connectivity index (χ2v) is 8.58. The van der Waals surface area contributed by atoms with Crippen LogP contribution in [0.4, 0.5) is 0 Å². The zero-order valence-electron chi connectivity index (χ0n) is 18.4. The van der Waals surface area contributed by atoms with Crippen molar-refractivity contribution in [3.8, 4) is 5.75 Å². The molecule has 0 amide bonds. The molecule has 0 saturated carbocycles. The highest BCUT2D eigenvalue weighted by Crippen LogP contribution is 2.27. The van der Waals surface area contributed by atoms with Crippen LogP contribution < -0.4 is 4.74 Å². The summed E-state index contributed by atoms with van der Waals surface area (Å²) in [6.45, 7) is 9.29. The van der Waals surface area contributed by atoms with E-state index in [1.54, 1.807) is 6.07 Å². The number of fused-ring (bicyclic) bond motifs is 1. The maximum Gasteiger partial charge on any atom is 0.343 e. The fraction of sp³-hybridized carbons (Fsp3) is 0.542. The molecule has 2 aromatic carbocycles. The number of carbonyl (C=O) groups is 1. The number of rotatable bonds is 11. The van der Waals surface area contributed by atoms with E-state index >= 15 is 0 Å². The Morgan fingerprint density at radius 3 is 2.27 bits per heavy atom. The summed E-state index contributed by atoms with van der Waals surface area (Å²) < 4.78 is 17.6. The highest BCUT2D eigenvalue weighted by Gasteiger charge is 2.39. The normalized spacial score (nSPS) is 15.9. The van der Waals surface area contributed by atoms with Crippen molar-refractivity contribution in [3.05, 3.63) is 42.5 Å². The van der Waals surface area contributed by atoms with Gasteiger partial charge in [0.1, 0.15) is 11.9 Å². The van der Waals surface area contributed by atoms with Crippen molar-refractivity contribution in [3.63, 3.8) is 0 Å². The molecule has 0 aliphatic heterocycles. The maximum absolute atomic E-state index is 13.2. The van der Waals surface area contributed by atoms with Gasteiger partial charge >= 0.3 is 5.97 Å². The number of aliphatic hydroxyl groups excluding tert-OH is 1. The number of halogens is 1. The number of hydrogen-bond donors (Lipinski definition) is 1. The average molecular weight is 437 g/mol. The number of hydrogen-bond acceptors (Lipinski definition) is 5. The topological polar surface area (TPSA) is 65.0 Å². The van der Waals surface area contributed by atoms with Crippen LogP contribution in [-0.2, 0) is 14.3 Å². The van der Waals surface area contributed by atoms with E-state index in [1.165, 1.54) is 0 Å². The first-order valence-corrected chi connectivity index (χ1v) is 11.0. The summed E-state index contributed by atoms with van der Waals surface area (Å²) in [6.07, 6.45) is -2.47. The molecule has 0 aliphatic rings. The number of esters is 1. The highest BCUT2D eigenvalue weighted by atomic mass is 35.5. The molecule has 166 valence electrons. The van der Waals surface area contributed by atoms with Crippen LogP contribution in [-0.4, -0.2) is 47.0 Å². The van der Waals surface area contributed by atoms with Crippen LogP contribution in [0.3, 0.4) is 0 Å². The van der Waals surface area contributed by atoms with E-state index in [9.17, 15) is 9.90 Å². The zero-order chi connectivity index (χ0) is 22.3. The van der Waals surface area contributed by atoms with E-state index in [0.29, 0.717) is 12.2 Å². The molecule has 0 aliphatic carbocycles. The summed E-state index contributed by atoms with van der Waals surface area (Å²) in [6, 6.07) is 13.2. The van der Waals surface area contributed by atoms with E-state index in [-0.39, 0.29) is 24.0 Å². The molecule has 0 bridgehead atoms. The lowest BCUT2D eigenvalue weighted by atomic mass is 10.0. The van der Waals surface area contributed by atoms with Crippen LogP contribution in [0.15, 0.2) is 42.5 Å². The van der Waals surface area contributed by atoms with Gasteiger partial charge in [-0.25, -0.2) is 4.79 Å². The van der Waals surface area contributed by atoms with Gasteiger partial charge in [0, 0.05) is 10.8 Å². The quantitative estimate of drug-likeness (QED) is 0.301. The molecule has 4 unspecified atom stereocenters. The molecule has 0 spiro atoms. The Balaban J connectivity index is 2.33. The SMILES string of the molecule is CCC(Cl)CC(O)C(OC(C)C)C(OC(C)C)C(=O)Oc1cccc2ccccc12. The average Bonchev–Trinajstić information content (AvgIpc) is 2.70. The number of alkyl halides is 1. The summed E-state index contributed by atoms with van der Waals surface area (Å²) in [4.78, 5) is 13.2. The van der Waals surface area contributed by atoms with Gasteiger partial charge in [0.2, 0.25) is 0 Å². The molecule has 4 atom stereocenters. The van der Waals surface area contributed by atoms with Crippen molar-refractivity contribution in [2.24, 2.45) is 0 Å². The smallest absolute Gasteiger partial charge is 0.343 e. The third-order valence-corrected chi connectivity index (χ3v) is 5.15. The van der Waals surface area contributed by atoms with Gasteiger partial charge in [-0.15, -0.1) is 11.6 Å². The Hall–Kier alpha value is -1.66. The van der Waals surface area contributed by atoms with Crippen LogP contribution in [0.1, 0.15) is 47.5 Å². The predicted molar refractivity (Wildman–Crippen MR) is 120 cm³/mol. The van der Waals surface area contributed by atoms with Crippen LogP contribution in [0.5, 0.6) is 5.75 Å². The zero-order valence-corrected chi connectivity index (χ0v) is 19.1. The Labute approximate surface area is 184 Å². The first kappa shape index (κ1) is 24.6. The van der Waals surface area contributed by atoms with E-state index in [0.717, 1.165) is 10.8 Å². The predicted octanol–water partition coefficient (Wildman–Crippen LogP) is 5.10. The van der Waals surface area contributed by atoms with Gasteiger partial charge < -0.3 is 19.3 Å². The number of ether oxygens (including phenoxy) is 3. The van der Waals surface area contributed by atoms with Crippen molar-refractivity contribution < 1.29 is 24.1 Å². The second-order valence-electron chi connectivity index (χ2n) is 7.96. The van der Waals surface area contributed by atoms with E-state index in [1.807, 2.05) is 71.0 Å². The first-order chi connectivity index (χ1) is 14.2. The Kier molecular flexibility index (Phi) is 9.56. The summed E-state index contributed by atoms with van der Waals surface area (Å²) in [5, 5.41) is 12.4. The fourth-order valence-electron chi connectivity index (χ4n) is 3.25. The molecule has 0 heterocycles. The Bertz CT molecular complexity index is 802. The van der Waals surface area contributed by atoms with Gasteiger partial charge in [-0.1, -0.05) is 43.3 Å². The third kappa shape index (κ3) is 6.95.